The minimum absolute atomic E-state index is 0.0967. The van der Waals surface area contributed by atoms with Crippen LogP contribution in [-0.4, -0.2) is 10.8 Å². The number of hydrogen-bond donors (Lipinski definition) is 0. The number of hydrogen-bond acceptors (Lipinski definition) is 2. The Morgan fingerprint density at radius 1 is 1.25 bits per heavy atom. The van der Waals surface area contributed by atoms with Crippen molar-refractivity contribution in [2.24, 2.45) is 0 Å². The van der Waals surface area contributed by atoms with Crippen molar-refractivity contribution >= 4 is 17.4 Å². The summed E-state index contributed by atoms with van der Waals surface area (Å²) in [6.45, 7) is 1.87. The average Bonchev–Trinajstić information content (AvgIpc) is 2.29. The van der Waals surface area contributed by atoms with Crippen LogP contribution in [0.3, 0.4) is 0 Å². The molecule has 0 saturated carbocycles. The zero-order valence-electron chi connectivity index (χ0n) is 8.77. The summed E-state index contributed by atoms with van der Waals surface area (Å²) in [4.78, 5) is 16.2. The number of halogens is 1. The van der Waals surface area contributed by atoms with Crippen LogP contribution in [0.5, 0.6) is 0 Å². The molecule has 3 heteroatoms. The Bertz CT molecular complexity index is 537. The van der Waals surface area contributed by atoms with E-state index in [2.05, 4.69) is 4.98 Å². The fourth-order valence-corrected chi connectivity index (χ4v) is 1.68. The molecule has 0 spiro atoms. The largest absolute Gasteiger partial charge is 0.287 e. The number of carbonyl (C=O) groups is 1. The Labute approximate surface area is 98.9 Å². The smallest absolute Gasteiger partial charge is 0.211 e. The van der Waals surface area contributed by atoms with Gasteiger partial charge in [-0.2, -0.15) is 0 Å². The molecule has 0 fully saturated rings. The molecule has 0 atom stereocenters. The second kappa shape index (κ2) is 4.45. The van der Waals surface area contributed by atoms with E-state index in [1.54, 1.807) is 30.5 Å². The quantitative estimate of drug-likeness (QED) is 0.743. The lowest BCUT2D eigenvalue weighted by Crippen LogP contribution is -2.05. The lowest BCUT2D eigenvalue weighted by molar-refractivity contribution is 0.103. The van der Waals surface area contributed by atoms with Gasteiger partial charge in [0.15, 0.2) is 0 Å². The highest BCUT2D eigenvalue weighted by Gasteiger charge is 2.12. The molecule has 2 nitrogen and oxygen atoms in total. The van der Waals surface area contributed by atoms with Gasteiger partial charge in [0.2, 0.25) is 5.78 Å². The van der Waals surface area contributed by atoms with E-state index in [0.29, 0.717) is 16.3 Å². The number of carbonyl (C=O) groups excluding carboxylic acids is 1. The molecule has 1 heterocycles. The van der Waals surface area contributed by atoms with Crippen molar-refractivity contribution in [3.05, 3.63) is 64.4 Å². The molecular formula is C13H10ClNO. The molecule has 2 rings (SSSR count). The van der Waals surface area contributed by atoms with Gasteiger partial charge in [-0.15, -0.1) is 0 Å². The van der Waals surface area contributed by atoms with Gasteiger partial charge in [-0.3, -0.25) is 9.78 Å². The summed E-state index contributed by atoms with van der Waals surface area (Å²) in [6.07, 6.45) is 1.62. The standard InChI is InChI=1S/C13H10ClNO/c1-9-4-3-7-15-12(9)13(16)10-5-2-6-11(14)8-10/h2-8H,1H3. The maximum atomic E-state index is 12.1. The van der Waals surface area contributed by atoms with E-state index in [-0.39, 0.29) is 5.78 Å². The first-order valence-corrected chi connectivity index (χ1v) is 5.28. The fraction of sp³-hybridized carbons (Fsp3) is 0.0769. The van der Waals surface area contributed by atoms with E-state index in [9.17, 15) is 4.79 Å². The normalized spacial score (nSPS) is 10.1. The topological polar surface area (TPSA) is 30.0 Å². The Balaban J connectivity index is 2.44. The Hall–Kier alpha value is -1.67. The molecule has 0 unspecified atom stereocenters. The zero-order chi connectivity index (χ0) is 11.5. The van der Waals surface area contributed by atoms with E-state index < -0.39 is 0 Å². The number of aromatic nitrogens is 1. The van der Waals surface area contributed by atoms with Crippen molar-refractivity contribution in [1.29, 1.82) is 0 Å². The molecule has 0 saturated heterocycles. The third-order valence-corrected chi connectivity index (χ3v) is 2.55. The Morgan fingerprint density at radius 3 is 2.75 bits per heavy atom. The highest BCUT2D eigenvalue weighted by molar-refractivity contribution is 6.31. The summed E-state index contributed by atoms with van der Waals surface area (Å²) in [5, 5.41) is 0.555. The molecule has 0 N–H and O–H groups in total. The monoisotopic (exact) mass is 231 g/mol. The molecular weight excluding hydrogens is 222 g/mol. The number of pyridine rings is 1. The predicted molar refractivity (Wildman–Crippen MR) is 63.9 cm³/mol. The molecule has 0 aliphatic heterocycles. The molecule has 0 bridgehead atoms. The van der Waals surface area contributed by atoms with Gasteiger partial charge in [-0.1, -0.05) is 29.8 Å². The van der Waals surface area contributed by atoms with Crippen LogP contribution < -0.4 is 0 Å². The van der Waals surface area contributed by atoms with Gasteiger partial charge in [0.1, 0.15) is 5.69 Å². The minimum atomic E-state index is -0.0967. The van der Waals surface area contributed by atoms with Gasteiger partial charge in [-0.05, 0) is 30.7 Å². The second-order valence-corrected chi connectivity index (χ2v) is 3.94. The summed E-state index contributed by atoms with van der Waals surface area (Å²) in [5.41, 5.74) is 1.91. The van der Waals surface area contributed by atoms with Crippen LogP contribution in [0.4, 0.5) is 0 Å². The van der Waals surface area contributed by atoms with E-state index in [0.717, 1.165) is 5.56 Å². The van der Waals surface area contributed by atoms with E-state index in [1.807, 2.05) is 19.1 Å². The maximum absolute atomic E-state index is 12.1. The SMILES string of the molecule is Cc1cccnc1C(=O)c1cccc(Cl)c1. The number of rotatable bonds is 2. The van der Waals surface area contributed by atoms with E-state index in [1.165, 1.54) is 0 Å². The van der Waals surface area contributed by atoms with Crippen LogP contribution in [0.1, 0.15) is 21.6 Å². The van der Waals surface area contributed by atoms with Crippen molar-refractivity contribution in [3.8, 4) is 0 Å². The third kappa shape index (κ3) is 2.12. The molecule has 0 amide bonds. The molecule has 0 aliphatic rings. The van der Waals surface area contributed by atoms with Crippen LogP contribution in [0.25, 0.3) is 0 Å². The number of nitrogens with zero attached hydrogens (tertiary/aromatic N) is 1. The third-order valence-electron chi connectivity index (χ3n) is 2.31. The molecule has 1 aromatic carbocycles. The Morgan fingerprint density at radius 2 is 2.06 bits per heavy atom. The predicted octanol–water partition coefficient (Wildman–Crippen LogP) is 3.27. The first-order chi connectivity index (χ1) is 7.68. The number of ketones is 1. The summed E-state index contributed by atoms with van der Waals surface area (Å²) < 4.78 is 0. The molecule has 16 heavy (non-hydrogen) atoms. The van der Waals surface area contributed by atoms with Crippen LogP contribution >= 0.6 is 11.6 Å². The van der Waals surface area contributed by atoms with Crippen molar-refractivity contribution in [2.75, 3.05) is 0 Å². The van der Waals surface area contributed by atoms with Gasteiger partial charge >= 0.3 is 0 Å². The Kier molecular flexibility index (Phi) is 3.02. The average molecular weight is 232 g/mol. The fourth-order valence-electron chi connectivity index (χ4n) is 1.49. The van der Waals surface area contributed by atoms with E-state index >= 15 is 0 Å². The van der Waals surface area contributed by atoms with E-state index in [4.69, 9.17) is 11.6 Å². The molecule has 2 aromatic rings. The van der Waals surface area contributed by atoms with Crippen LogP contribution in [-0.2, 0) is 0 Å². The summed E-state index contributed by atoms with van der Waals surface area (Å²) >= 11 is 5.84. The van der Waals surface area contributed by atoms with Gasteiger partial charge in [0.25, 0.3) is 0 Å². The van der Waals surface area contributed by atoms with Crippen LogP contribution in [0.15, 0.2) is 42.6 Å². The summed E-state index contributed by atoms with van der Waals surface area (Å²) in [5.74, 6) is -0.0967. The number of aryl methyl sites for hydroxylation is 1. The molecule has 0 aliphatic carbocycles. The van der Waals surface area contributed by atoms with Crippen LogP contribution in [0, 0.1) is 6.92 Å². The lowest BCUT2D eigenvalue weighted by atomic mass is 10.0. The lowest BCUT2D eigenvalue weighted by Gasteiger charge is -2.03. The first-order valence-electron chi connectivity index (χ1n) is 4.90. The molecule has 80 valence electrons. The van der Waals surface area contributed by atoms with Crippen molar-refractivity contribution in [2.45, 2.75) is 6.92 Å². The molecule has 0 radical (unpaired) electrons. The summed E-state index contributed by atoms with van der Waals surface area (Å²) in [6, 6.07) is 10.6. The van der Waals surface area contributed by atoms with Crippen molar-refractivity contribution in [1.82, 2.24) is 4.98 Å². The zero-order valence-corrected chi connectivity index (χ0v) is 9.53. The molecule has 1 aromatic heterocycles. The van der Waals surface area contributed by atoms with Crippen molar-refractivity contribution < 1.29 is 4.79 Å². The highest BCUT2D eigenvalue weighted by atomic mass is 35.5. The second-order valence-electron chi connectivity index (χ2n) is 3.51. The van der Waals surface area contributed by atoms with Gasteiger partial charge < -0.3 is 0 Å². The summed E-state index contributed by atoms with van der Waals surface area (Å²) in [7, 11) is 0. The maximum Gasteiger partial charge on any atom is 0.211 e. The minimum Gasteiger partial charge on any atom is -0.287 e. The van der Waals surface area contributed by atoms with Crippen LogP contribution in [0.2, 0.25) is 5.02 Å². The first kappa shape index (κ1) is 10.8. The number of benzene rings is 1. The van der Waals surface area contributed by atoms with Gasteiger partial charge in [0.05, 0.1) is 0 Å². The van der Waals surface area contributed by atoms with Crippen molar-refractivity contribution in [3.63, 3.8) is 0 Å². The van der Waals surface area contributed by atoms with Gasteiger partial charge in [0, 0.05) is 16.8 Å². The van der Waals surface area contributed by atoms with Gasteiger partial charge in [-0.25, -0.2) is 0 Å². The highest BCUT2D eigenvalue weighted by Crippen LogP contribution is 2.15.